The lowest BCUT2D eigenvalue weighted by Gasteiger charge is -2.56. The van der Waals surface area contributed by atoms with Gasteiger partial charge in [0.15, 0.2) is 17.2 Å². The lowest BCUT2D eigenvalue weighted by Crippen LogP contribution is -2.54. The first-order valence-electron chi connectivity index (χ1n) is 25.6. The highest BCUT2D eigenvalue weighted by Crippen LogP contribution is 2.54. The number of aromatic nitrogens is 2. The van der Waals surface area contributed by atoms with Gasteiger partial charge in [0.2, 0.25) is 0 Å². The zero-order valence-electron chi connectivity index (χ0n) is 41.8. The Labute approximate surface area is 421 Å². The third-order valence-corrected chi connectivity index (χ3v) is 17.5. The van der Waals surface area contributed by atoms with Crippen molar-refractivity contribution in [3.05, 3.63) is 99.7 Å². The standard InChI is InChI=1S/C54H67N7O10S/c1-33(2)40-9-6-7-10-41(40)44-11-8-22-60(44)38-29-54(30-38)19-23-59(24-20-54)37-12-13-42(46(26-37)71-48-25-36-16-21-55-50(36)57-52(48)70-31-34(3)68-5)51(62)58-72(66,67)39-27-45(61(64)65)49-47(28-39)69-32-43(56-49)35-14-17-53(4,63)18-15-35/h6-7,9-10,12-13,16,21,25-28,33-35,38,43-44,56,63H,8,11,14-15,17-20,22-24,29-32H2,1-5H3,(H,55,57)(H,58,62)/t34-,35-,43+,44-,53-/m0/s1. The molecule has 2 aliphatic carbocycles. The molecule has 0 unspecified atom stereocenters. The topological polar surface area (TPSA) is 211 Å². The number of pyridine rings is 1. The number of nitro groups is 1. The Balaban J connectivity index is 0.894. The second-order valence-corrected chi connectivity index (χ2v) is 23.2. The van der Waals surface area contributed by atoms with Crippen molar-refractivity contribution in [1.29, 1.82) is 0 Å². The smallest absolute Gasteiger partial charge is 0.297 e. The van der Waals surface area contributed by atoms with E-state index in [9.17, 15) is 28.4 Å². The monoisotopic (exact) mass is 1010 g/mol. The van der Waals surface area contributed by atoms with E-state index in [1.807, 2.05) is 13.0 Å². The summed E-state index contributed by atoms with van der Waals surface area (Å²) in [6.07, 6.45) is 10.8. The van der Waals surface area contributed by atoms with Crippen molar-refractivity contribution in [3.8, 4) is 23.1 Å². The van der Waals surface area contributed by atoms with Crippen LogP contribution in [0.4, 0.5) is 17.1 Å². The van der Waals surface area contributed by atoms with Crippen molar-refractivity contribution >= 4 is 44.0 Å². The van der Waals surface area contributed by atoms with Crippen LogP contribution in [0.5, 0.6) is 23.1 Å². The number of rotatable bonds is 15. The van der Waals surface area contributed by atoms with Gasteiger partial charge in [-0.2, -0.15) is 4.98 Å². The summed E-state index contributed by atoms with van der Waals surface area (Å²) in [6.45, 7) is 11.2. The van der Waals surface area contributed by atoms with Gasteiger partial charge in [0.05, 0.1) is 33.1 Å². The SMILES string of the molecule is CO[C@@H](C)COc1nc2[nH]ccc2cc1Oc1cc(N2CCC3(CC2)CC(N2CCC[C@H]2c2ccccc2C(C)C)C3)ccc1C(=O)NS(=O)(=O)c1cc2c(c([N+](=O)[O-])c1)N[C@@H]([C@H]1CC[C@](C)(O)CC1)CO2. The van der Waals surface area contributed by atoms with Gasteiger partial charge in [-0.3, -0.25) is 19.8 Å². The maximum atomic E-state index is 14.4. The molecule has 0 bridgehead atoms. The molecule has 72 heavy (non-hydrogen) atoms. The van der Waals surface area contributed by atoms with Crippen LogP contribution in [-0.2, 0) is 14.8 Å². The van der Waals surface area contributed by atoms with Gasteiger partial charge in [-0.1, -0.05) is 38.1 Å². The molecule has 5 heterocycles. The van der Waals surface area contributed by atoms with Crippen LogP contribution in [0, 0.1) is 21.4 Å². The van der Waals surface area contributed by atoms with E-state index in [1.54, 1.807) is 44.5 Å². The number of anilines is 2. The number of amides is 1. The minimum atomic E-state index is -4.72. The first-order chi connectivity index (χ1) is 34.5. The predicted octanol–water partition coefficient (Wildman–Crippen LogP) is 9.62. The summed E-state index contributed by atoms with van der Waals surface area (Å²) in [7, 11) is -3.15. The van der Waals surface area contributed by atoms with Gasteiger partial charge in [0.1, 0.15) is 24.6 Å². The number of carbonyl (C=O) groups is 1. The average Bonchev–Trinajstić information content (AvgIpc) is 4.04. The van der Waals surface area contributed by atoms with Gasteiger partial charge in [0.25, 0.3) is 27.5 Å². The first kappa shape index (κ1) is 49.6. The van der Waals surface area contributed by atoms with E-state index in [-0.39, 0.29) is 71.1 Å². The minimum Gasteiger partial charge on any atom is -0.489 e. The highest BCUT2D eigenvalue weighted by atomic mass is 32.2. The molecule has 2 saturated carbocycles. The number of sulfonamides is 1. The van der Waals surface area contributed by atoms with Crippen molar-refractivity contribution in [2.75, 3.05) is 50.2 Å². The van der Waals surface area contributed by atoms with E-state index in [0.717, 1.165) is 49.6 Å². The fourth-order valence-corrected chi connectivity index (χ4v) is 12.9. The fourth-order valence-electron chi connectivity index (χ4n) is 11.9. The Morgan fingerprint density at radius 2 is 1.76 bits per heavy atom. The van der Waals surface area contributed by atoms with E-state index in [0.29, 0.717) is 49.3 Å². The number of likely N-dealkylation sites (tertiary alicyclic amines) is 1. The van der Waals surface area contributed by atoms with Crippen LogP contribution >= 0.6 is 0 Å². The molecule has 3 aromatic carbocycles. The molecule has 17 nitrogen and oxygen atoms in total. The van der Waals surface area contributed by atoms with Gasteiger partial charge in [-0.15, -0.1) is 0 Å². The second-order valence-electron chi connectivity index (χ2n) is 21.5. The number of hydrogen-bond acceptors (Lipinski definition) is 14. The van der Waals surface area contributed by atoms with Gasteiger partial charge >= 0.3 is 0 Å². The van der Waals surface area contributed by atoms with Crippen LogP contribution in [0.3, 0.4) is 0 Å². The molecular weight excluding hydrogens is 939 g/mol. The number of carbonyl (C=O) groups excluding carboxylic acids is 1. The molecule has 3 aliphatic heterocycles. The zero-order chi connectivity index (χ0) is 50.5. The van der Waals surface area contributed by atoms with E-state index >= 15 is 0 Å². The number of nitro benzene ring substituents is 1. The number of hydrogen-bond donors (Lipinski definition) is 4. The van der Waals surface area contributed by atoms with Gasteiger partial charge < -0.3 is 39.3 Å². The highest BCUT2D eigenvalue weighted by molar-refractivity contribution is 7.90. The molecular formula is C54H67N7O10S. The first-order valence-corrected chi connectivity index (χ1v) is 27.0. The molecule has 4 N–H and O–H groups in total. The van der Waals surface area contributed by atoms with Crippen LogP contribution < -0.4 is 29.1 Å². The zero-order valence-corrected chi connectivity index (χ0v) is 42.6. The number of ether oxygens (including phenoxy) is 4. The van der Waals surface area contributed by atoms with Crippen molar-refractivity contribution < 1.29 is 42.2 Å². The largest absolute Gasteiger partial charge is 0.489 e. The van der Waals surface area contributed by atoms with Crippen LogP contribution in [0.1, 0.15) is 125 Å². The number of fused-ring (bicyclic) bond motifs is 2. The number of benzene rings is 3. The number of piperidine rings is 1. The summed E-state index contributed by atoms with van der Waals surface area (Å²) in [6, 6.07) is 20.5. The number of aromatic amines is 1. The Morgan fingerprint density at radius 1 is 1.00 bits per heavy atom. The number of nitrogens with zero attached hydrogens (tertiary/aromatic N) is 4. The van der Waals surface area contributed by atoms with Crippen molar-refractivity contribution in [2.45, 2.75) is 133 Å². The Bertz CT molecular complexity index is 2930. The Morgan fingerprint density at radius 3 is 2.50 bits per heavy atom. The lowest BCUT2D eigenvalue weighted by atomic mass is 9.59. The normalized spacial score (nSPS) is 23.8. The molecule has 5 aliphatic rings. The molecule has 10 rings (SSSR count). The lowest BCUT2D eigenvalue weighted by molar-refractivity contribution is -0.384. The molecule has 3 atom stereocenters. The summed E-state index contributed by atoms with van der Waals surface area (Å²) < 4.78 is 54.6. The Kier molecular flexibility index (Phi) is 13.7. The highest BCUT2D eigenvalue weighted by Gasteiger charge is 2.50. The van der Waals surface area contributed by atoms with Gasteiger partial charge in [-0.25, -0.2) is 13.1 Å². The summed E-state index contributed by atoms with van der Waals surface area (Å²) in [4.78, 5) is 38.5. The van der Waals surface area contributed by atoms with Crippen LogP contribution in [-0.4, -0.2) is 103 Å². The second kappa shape index (κ2) is 19.8. The third-order valence-electron chi connectivity index (χ3n) is 16.2. The van der Waals surface area contributed by atoms with E-state index in [4.69, 9.17) is 18.9 Å². The van der Waals surface area contributed by atoms with Crippen LogP contribution in [0.25, 0.3) is 11.0 Å². The van der Waals surface area contributed by atoms with Gasteiger partial charge in [-0.05, 0) is 137 Å². The molecule has 1 spiro atoms. The predicted molar refractivity (Wildman–Crippen MR) is 274 cm³/mol. The molecule has 0 radical (unpaired) electrons. The molecule has 4 fully saturated rings. The number of methoxy groups -OCH3 is 1. The molecule has 2 aromatic heterocycles. The number of nitrogens with one attached hydrogen (secondary N) is 3. The van der Waals surface area contributed by atoms with Crippen molar-refractivity contribution in [3.63, 3.8) is 0 Å². The van der Waals surface area contributed by atoms with E-state index in [2.05, 4.69) is 67.9 Å². The Hall–Kier alpha value is -5.95. The summed E-state index contributed by atoms with van der Waals surface area (Å²) in [5, 5.41) is 27.0. The van der Waals surface area contributed by atoms with Crippen molar-refractivity contribution in [2.24, 2.45) is 11.3 Å². The average molecular weight is 1010 g/mol. The van der Waals surface area contributed by atoms with Crippen LogP contribution in [0.2, 0.25) is 0 Å². The molecule has 2 saturated heterocycles. The van der Waals surface area contributed by atoms with Crippen molar-refractivity contribution in [1.82, 2.24) is 19.6 Å². The molecule has 5 aromatic rings. The summed E-state index contributed by atoms with van der Waals surface area (Å²) in [5.74, 6) is -0.0601. The quantitative estimate of drug-likeness (QED) is 0.0569. The van der Waals surface area contributed by atoms with E-state index < -0.39 is 37.0 Å². The molecule has 1 amide bonds. The maximum Gasteiger partial charge on any atom is 0.297 e. The van der Waals surface area contributed by atoms with E-state index in [1.165, 1.54) is 42.9 Å². The minimum absolute atomic E-state index is 0.0131. The number of aliphatic hydroxyl groups is 1. The summed E-state index contributed by atoms with van der Waals surface area (Å²) >= 11 is 0. The summed E-state index contributed by atoms with van der Waals surface area (Å²) in [5.41, 5.74) is 3.26. The van der Waals surface area contributed by atoms with Gasteiger partial charge in [0, 0.05) is 67.8 Å². The molecule has 18 heteroatoms. The maximum absolute atomic E-state index is 14.4. The fraction of sp³-hybridized carbons (Fsp3) is 0.519. The molecule has 384 valence electrons. The van der Waals surface area contributed by atoms with Crippen LogP contribution in [0.15, 0.2) is 77.8 Å². The number of H-pyrrole nitrogens is 1. The third kappa shape index (κ3) is 10.1.